The summed E-state index contributed by atoms with van der Waals surface area (Å²) >= 11 is 10.4. The van der Waals surface area contributed by atoms with Crippen LogP contribution in [0.5, 0.6) is 11.5 Å². The Hall–Kier alpha value is -3.58. The number of benzene rings is 3. The minimum absolute atomic E-state index is 0.186. The summed E-state index contributed by atoms with van der Waals surface area (Å²) in [5.41, 5.74) is 2.32. The van der Waals surface area contributed by atoms with Gasteiger partial charge in [-0.05, 0) is 65.9 Å². The van der Waals surface area contributed by atoms with E-state index in [1.807, 2.05) is 12.1 Å². The van der Waals surface area contributed by atoms with E-state index in [2.05, 4.69) is 32.3 Å². The van der Waals surface area contributed by atoms with Gasteiger partial charge < -0.3 is 14.8 Å². The maximum Gasteiger partial charge on any atom is 0.279 e. The van der Waals surface area contributed by atoms with Crippen LogP contribution in [0.2, 0.25) is 5.02 Å². The van der Waals surface area contributed by atoms with Crippen molar-refractivity contribution >= 4 is 62.4 Å². The van der Waals surface area contributed by atoms with E-state index in [9.17, 15) is 14.9 Å². The first-order chi connectivity index (χ1) is 17.4. The highest BCUT2D eigenvalue weighted by Gasteiger charge is 2.25. The normalized spacial score (nSPS) is 15.0. The number of methoxy groups -OCH3 is 1. The van der Waals surface area contributed by atoms with Crippen molar-refractivity contribution in [1.29, 1.82) is 5.26 Å². The minimum atomic E-state index is -0.488. The highest BCUT2D eigenvalue weighted by molar-refractivity contribution is 9.10. The molecule has 0 radical (unpaired) electrons. The molecule has 1 N–H and O–H groups in total. The monoisotopic (exact) mass is 581 g/mol. The van der Waals surface area contributed by atoms with Gasteiger partial charge in [-0.15, -0.1) is 0 Å². The number of amidine groups is 1. The molecule has 1 heterocycles. The Morgan fingerprint density at radius 3 is 2.67 bits per heavy atom. The lowest BCUT2D eigenvalue weighted by Crippen LogP contribution is -2.20. The van der Waals surface area contributed by atoms with Gasteiger partial charge in [-0.3, -0.25) is 9.59 Å². The first-order valence-corrected chi connectivity index (χ1v) is 12.4. The number of rotatable bonds is 6. The van der Waals surface area contributed by atoms with Crippen LogP contribution in [0, 0.1) is 11.3 Å². The highest BCUT2D eigenvalue weighted by Crippen LogP contribution is 2.37. The van der Waals surface area contributed by atoms with Crippen molar-refractivity contribution in [3.8, 4) is 17.6 Å². The maximum atomic E-state index is 12.5. The highest BCUT2D eigenvalue weighted by atomic mass is 79.9. The number of nitrogens with zero attached hydrogens (tertiary/aromatic N) is 2. The fourth-order valence-corrected chi connectivity index (χ4v) is 4.59. The first-order valence-electron chi connectivity index (χ1n) is 10.5. The van der Waals surface area contributed by atoms with Crippen molar-refractivity contribution in [1.82, 2.24) is 5.32 Å². The summed E-state index contributed by atoms with van der Waals surface area (Å²) in [5.74, 6) is 0.0632. The van der Waals surface area contributed by atoms with Crippen molar-refractivity contribution in [2.75, 3.05) is 7.11 Å². The SMILES string of the molecule is COc1cc(/C=C2\SC(=NC(=O)c3ccc(Cl)cc3)NC2=O)c(Br)cc1OCc1ccccc1C#N. The van der Waals surface area contributed by atoms with Crippen LogP contribution in [-0.4, -0.2) is 24.1 Å². The molecule has 180 valence electrons. The van der Waals surface area contributed by atoms with Crippen LogP contribution in [0.1, 0.15) is 27.0 Å². The Morgan fingerprint density at radius 1 is 1.19 bits per heavy atom. The topological polar surface area (TPSA) is 101 Å². The Bertz CT molecular complexity index is 1450. The molecule has 1 aliphatic rings. The third-order valence-corrected chi connectivity index (χ3v) is 6.88. The first kappa shape index (κ1) is 25.5. The molecule has 1 aliphatic heterocycles. The van der Waals surface area contributed by atoms with Crippen LogP contribution in [0.25, 0.3) is 6.08 Å². The molecule has 1 fully saturated rings. The molecule has 0 aliphatic carbocycles. The van der Waals surface area contributed by atoms with Gasteiger partial charge in [0.05, 0.1) is 23.6 Å². The van der Waals surface area contributed by atoms with Crippen LogP contribution in [0.4, 0.5) is 0 Å². The molecule has 4 rings (SSSR count). The average molecular weight is 583 g/mol. The Morgan fingerprint density at radius 2 is 1.94 bits per heavy atom. The van der Waals surface area contributed by atoms with E-state index in [1.54, 1.807) is 54.6 Å². The summed E-state index contributed by atoms with van der Waals surface area (Å²) in [5, 5.41) is 12.6. The fraction of sp³-hybridized carbons (Fsp3) is 0.0769. The molecule has 0 aromatic heterocycles. The van der Waals surface area contributed by atoms with Gasteiger partial charge in [-0.25, -0.2) is 0 Å². The van der Waals surface area contributed by atoms with Crippen molar-refractivity contribution in [2.45, 2.75) is 6.61 Å². The number of nitrogens with one attached hydrogen (secondary N) is 1. The summed E-state index contributed by atoms with van der Waals surface area (Å²) in [4.78, 5) is 29.2. The molecule has 3 aromatic rings. The van der Waals surface area contributed by atoms with Gasteiger partial charge >= 0.3 is 0 Å². The maximum absolute atomic E-state index is 12.5. The van der Waals surface area contributed by atoms with Gasteiger partial charge in [0.15, 0.2) is 16.7 Å². The summed E-state index contributed by atoms with van der Waals surface area (Å²) in [7, 11) is 1.51. The summed E-state index contributed by atoms with van der Waals surface area (Å²) in [6.07, 6.45) is 1.66. The van der Waals surface area contributed by atoms with Gasteiger partial charge in [0.1, 0.15) is 6.61 Å². The number of thioether (sulfide) groups is 1. The average Bonchev–Trinajstić information content (AvgIpc) is 3.22. The number of halogens is 2. The van der Waals surface area contributed by atoms with E-state index in [-0.39, 0.29) is 17.7 Å². The number of hydrogen-bond acceptors (Lipinski definition) is 6. The molecule has 0 unspecified atom stereocenters. The van der Waals surface area contributed by atoms with Crippen molar-refractivity contribution in [3.63, 3.8) is 0 Å². The number of carbonyl (C=O) groups excluding carboxylic acids is 2. The molecule has 0 atom stereocenters. The lowest BCUT2D eigenvalue weighted by atomic mass is 10.1. The molecule has 2 amide bonds. The van der Waals surface area contributed by atoms with E-state index >= 15 is 0 Å². The number of carbonyl (C=O) groups is 2. The van der Waals surface area contributed by atoms with Crippen LogP contribution in [-0.2, 0) is 11.4 Å². The van der Waals surface area contributed by atoms with Crippen LogP contribution >= 0.6 is 39.3 Å². The van der Waals surface area contributed by atoms with Gasteiger partial charge in [-0.2, -0.15) is 10.3 Å². The van der Waals surface area contributed by atoms with Crippen molar-refractivity contribution < 1.29 is 19.1 Å². The second-order valence-electron chi connectivity index (χ2n) is 7.38. The second kappa shape index (κ2) is 11.4. The summed E-state index contributed by atoms with van der Waals surface area (Å²) < 4.78 is 12.1. The van der Waals surface area contributed by atoms with Gasteiger partial charge in [0.25, 0.3) is 11.8 Å². The number of amides is 2. The van der Waals surface area contributed by atoms with Gasteiger partial charge in [0, 0.05) is 20.6 Å². The minimum Gasteiger partial charge on any atom is -0.493 e. The van der Waals surface area contributed by atoms with E-state index in [0.29, 0.717) is 42.6 Å². The zero-order valence-corrected chi connectivity index (χ0v) is 21.9. The molecule has 1 saturated heterocycles. The predicted octanol–water partition coefficient (Wildman–Crippen LogP) is 5.96. The number of aliphatic imine (C=N–C) groups is 1. The second-order valence-corrected chi connectivity index (χ2v) is 9.70. The third-order valence-electron chi connectivity index (χ3n) is 5.04. The van der Waals surface area contributed by atoms with Crippen molar-refractivity contribution in [2.24, 2.45) is 4.99 Å². The third kappa shape index (κ3) is 5.97. The Kier molecular flexibility index (Phi) is 8.10. The van der Waals surface area contributed by atoms with Gasteiger partial charge in [-0.1, -0.05) is 45.7 Å². The molecule has 0 saturated carbocycles. The quantitative estimate of drug-likeness (QED) is 0.360. The molecule has 0 bridgehead atoms. The Labute approximate surface area is 224 Å². The largest absolute Gasteiger partial charge is 0.493 e. The number of ether oxygens (including phenoxy) is 2. The van der Waals surface area contributed by atoms with Crippen LogP contribution in [0.3, 0.4) is 0 Å². The molecule has 10 heteroatoms. The molecule has 3 aromatic carbocycles. The van der Waals surface area contributed by atoms with Gasteiger partial charge in [0.2, 0.25) is 0 Å². The fourth-order valence-electron chi connectivity index (χ4n) is 3.22. The molecular formula is C26H17BrClN3O4S. The predicted molar refractivity (Wildman–Crippen MR) is 143 cm³/mol. The smallest absolute Gasteiger partial charge is 0.279 e. The number of hydrogen-bond donors (Lipinski definition) is 1. The van der Waals surface area contributed by atoms with Crippen LogP contribution in [0.15, 0.2) is 75.0 Å². The summed E-state index contributed by atoms with van der Waals surface area (Å²) in [6, 6.07) is 19.1. The molecule has 36 heavy (non-hydrogen) atoms. The van der Waals surface area contributed by atoms with E-state index in [0.717, 1.165) is 17.3 Å². The standard InChI is InChI=1S/C26H17BrClN3O4S/c1-34-21-10-18(20(27)12-22(21)35-14-17-5-3-2-4-16(17)13-29)11-23-25(33)31-26(36-23)30-24(32)15-6-8-19(28)9-7-15/h2-12H,14H2,1H3,(H,30,31,32,33)/b23-11-. The lowest BCUT2D eigenvalue weighted by Gasteiger charge is -2.13. The van der Waals surface area contributed by atoms with Crippen molar-refractivity contribution in [3.05, 3.63) is 97.3 Å². The summed E-state index contributed by atoms with van der Waals surface area (Å²) in [6.45, 7) is 0.187. The van der Waals surface area contributed by atoms with E-state index in [1.165, 1.54) is 7.11 Å². The van der Waals surface area contributed by atoms with Crippen LogP contribution < -0.4 is 14.8 Å². The molecule has 0 spiro atoms. The molecule has 7 nitrogen and oxygen atoms in total. The number of nitriles is 1. The van der Waals surface area contributed by atoms with E-state index < -0.39 is 5.91 Å². The zero-order chi connectivity index (χ0) is 25.7. The van der Waals surface area contributed by atoms with E-state index in [4.69, 9.17) is 21.1 Å². The lowest BCUT2D eigenvalue weighted by molar-refractivity contribution is -0.115. The molecular weight excluding hydrogens is 566 g/mol. The Balaban J connectivity index is 1.53. The zero-order valence-electron chi connectivity index (χ0n) is 18.7.